The van der Waals surface area contributed by atoms with Gasteiger partial charge in [-0.05, 0) is 23.8 Å². The van der Waals surface area contributed by atoms with E-state index in [1.165, 1.54) is 30.3 Å². The lowest BCUT2D eigenvalue weighted by Gasteiger charge is -2.18. The molecule has 1 aromatic heterocycles. The summed E-state index contributed by atoms with van der Waals surface area (Å²) in [6.45, 7) is 0. The second kappa shape index (κ2) is 8.29. The minimum Gasteiger partial charge on any atom is -0.369 e. The lowest BCUT2D eigenvalue weighted by molar-refractivity contribution is -0.141. The molecule has 0 atom stereocenters. The van der Waals surface area contributed by atoms with Crippen LogP contribution in [0.5, 0.6) is 0 Å². The number of nitrogens with two attached hydrogens (primary N) is 2. The van der Waals surface area contributed by atoms with Crippen LogP contribution in [0.2, 0.25) is 5.02 Å². The van der Waals surface area contributed by atoms with Gasteiger partial charge in [-0.3, -0.25) is 4.79 Å². The van der Waals surface area contributed by atoms with Crippen LogP contribution in [0.3, 0.4) is 0 Å². The summed E-state index contributed by atoms with van der Waals surface area (Å²) in [6.07, 6.45) is -5.09. The van der Waals surface area contributed by atoms with Gasteiger partial charge >= 0.3 is 6.18 Å². The van der Waals surface area contributed by atoms with Crippen molar-refractivity contribution in [1.82, 2.24) is 4.98 Å². The quantitative estimate of drug-likeness (QED) is 0.591. The fourth-order valence-electron chi connectivity index (χ4n) is 3.16. The van der Waals surface area contributed by atoms with Gasteiger partial charge in [0.25, 0.3) is 0 Å². The molecule has 1 amide bonds. The number of nitrogens with zero attached hydrogens (tertiary/aromatic N) is 1. The Kier molecular flexibility index (Phi) is 6.08. The molecule has 3 aromatic rings. The predicted octanol–water partition coefficient (Wildman–Crippen LogP) is 3.76. The molecule has 0 aliphatic rings. The van der Waals surface area contributed by atoms with Gasteiger partial charge in [-0.1, -0.05) is 48.0 Å². The fraction of sp³-hybridized carbons (Fsp3) is 0.100. The number of amides is 1. The van der Waals surface area contributed by atoms with E-state index in [1.54, 1.807) is 12.1 Å². The van der Waals surface area contributed by atoms with E-state index >= 15 is 0 Å². The molecule has 3 rings (SSSR count). The summed E-state index contributed by atoms with van der Waals surface area (Å²) in [5.41, 5.74) is 4.05. The zero-order chi connectivity index (χ0) is 23.0. The molecule has 4 N–H and O–H groups in total. The third-order valence-corrected chi connectivity index (χ3v) is 5.67. The first-order valence-corrected chi connectivity index (χ1v) is 10.6. The third-order valence-electron chi connectivity index (χ3n) is 4.35. The number of carbonyl (C=O) groups is 1. The van der Waals surface area contributed by atoms with Crippen molar-refractivity contribution in [2.24, 2.45) is 10.9 Å². The SMILES string of the molecule is NC(=O)Cc1ccc(-c2cccc(C(F)(F)F)n2)c(S(N)(=O)=O)c1-c1ccccc1Cl. The van der Waals surface area contributed by atoms with Gasteiger partial charge < -0.3 is 5.73 Å². The number of halogens is 4. The van der Waals surface area contributed by atoms with Crippen LogP contribution >= 0.6 is 11.6 Å². The first-order chi connectivity index (χ1) is 14.4. The minimum absolute atomic E-state index is 0.0244. The molecule has 0 aliphatic heterocycles. The van der Waals surface area contributed by atoms with Gasteiger partial charge in [0.2, 0.25) is 15.9 Å². The summed E-state index contributed by atoms with van der Waals surface area (Å²) in [5.74, 6) is -0.751. The number of rotatable bonds is 5. The number of primary amides is 1. The van der Waals surface area contributed by atoms with Crippen LogP contribution in [0.25, 0.3) is 22.4 Å². The van der Waals surface area contributed by atoms with Gasteiger partial charge in [0.05, 0.1) is 17.0 Å². The summed E-state index contributed by atoms with van der Waals surface area (Å²) >= 11 is 6.26. The zero-order valence-electron chi connectivity index (χ0n) is 15.7. The standard InChI is InChI=1S/C20H15ClF3N3O3S/c21-14-5-2-1-4-12(14)18-11(10-17(25)28)8-9-13(19(18)31(26,29)30)15-6-3-7-16(27-15)20(22,23)24/h1-9H,10H2,(H2,25,28)(H2,26,29,30). The molecule has 0 saturated carbocycles. The van der Waals surface area contributed by atoms with Gasteiger partial charge in [-0.25, -0.2) is 18.5 Å². The zero-order valence-corrected chi connectivity index (χ0v) is 17.2. The minimum atomic E-state index is -4.74. The van der Waals surface area contributed by atoms with E-state index in [2.05, 4.69) is 4.98 Å². The van der Waals surface area contributed by atoms with E-state index in [0.717, 1.165) is 12.1 Å². The van der Waals surface area contributed by atoms with Crippen LogP contribution in [-0.4, -0.2) is 19.3 Å². The van der Waals surface area contributed by atoms with E-state index in [-0.39, 0.29) is 39.4 Å². The molecule has 0 aliphatic carbocycles. The average Bonchev–Trinajstić information content (AvgIpc) is 2.66. The summed E-state index contributed by atoms with van der Waals surface area (Å²) in [4.78, 5) is 14.6. The third kappa shape index (κ3) is 4.87. The van der Waals surface area contributed by atoms with Crippen LogP contribution in [0.4, 0.5) is 13.2 Å². The summed E-state index contributed by atoms with van der Waals surface area (Å²) < 4.78 is 64.7. The van der Waals surface area contributed by atoms with E-state index in [4.69, 9.17) is 22.5 Å². The highest BCUT2D eigenvalue weighted by Gasteiger charge is 2.33. The maximum Gasteiger partial charge on any atom is 0.433 e. The molecule has 0 saturated heterocycles. The number of pyridine rings is 1. The highest BCUT2D eigenvalue weighted by molar-refractivity contribution is 7.89. The molecular weight excluding hydrogens is 455 g/mol. The first kappa shape index (κ1) is 22.7. The van der Waals surface area contributed by atoms with Crippen molar-refractivity contribution in [2.75, 3.05) is 0 Å². The van der Waals surface area contributed by atoms with Crippen molar-refractivity contribution in [3.8, 4) is 22.4 Å². The second-order valence-electron chi connectivity index (χ2n) is 6.55. The topological polar surface area (TPSA) is 116 Å². The molecule has 31 heavy (non-hydrogen) atoms. The van der Waals surface area contributed by atoms with Gasteiger partial charge in [0, 0.05) is 21.7 Å². The molecule has 11 heteroatoms. The number of hydrogen-bond donors (Lipinski definition) is 2. The Morgan fingerprint density at radius 1 is 1.00 bits per heavy atom. The smallest absolute Gasteiger partial charge is 0.369 e. The number of sulfonamides is 1. The largest absolute Gasteiger partial charge is 0.433 e. The Balaban J connectivity index is 2.44. The second-order valence-corrected chi connectivity index (χ2v) is 8.46. The Bertz CT molecular complexity index is 1280. The van der Waals surface area contributed by atoms with Crippen molar-refractivity contribution in [2.45, 2.75) is 17.5 Å². The summed E-state index contributed by atoms with van der Waals surface area (Å²) in [6, 6.07) is 11.9. The molecule has 0 fully saturated rings. The van der Waals surface area contributed by atoms with E-state index in [0.29, 0.717) is 0 Å². The van der Waals surface area contributed by atoms with Crippen molar-refractivity contribution >= 4 is 27.5 Å². The Morgan fingerprint density at radius 3 is 2.26 bits per heavy atom. The van der Waals surface area contributed by atoms with Gasteiger partial charge in [0.15, 0.2) is 0 Å². The van der Waals surface area contributed by atoms with Crippen LogP contribution in [0.1, 0.15) is 11.3 Å². The number of aromatic nitrogens is 1. The maximum atomic E-state index is 13.1. The average molecular weight is 470 g/mol. The van der Waals surface area contributed by atoms with Crippen molar-refractivity contribution in [3.63, 3.8) is 0 Å². The van der Waals surface area contributed by atoms with Crippen LogP contribution in [0.15, 0.2) is 59.5 Å². The molecule has 2 aromatic carbocycles. The molecular formula is C20H15ClF3N3O3S. The van der Waals surface area contributed by atoms with E-state index < -0.39 is 32.7 Å². The van der Waals surface area contributed by atoms with Crippen molar-refractivity contribution < 1.29 is 26.4 Å². The number of alkyl halides is 3. The molecule has 162 valence electrons. The molecule has 6 nitrogen and oxygen atoms in total. The summed E-state index contributed by atoms with van der Waals surface area (Å²) in [7, 11) is -4.52. The van der Waals surface area contributed by atoms with Gasteiger partial charge in [-0.2, -0.15) is 13.2 Å². The Morgan fingerprint density at radius 2 is 1.68 bits per heavy atom. The monoisotopic (exact) mass is 469 g/mol. The number of hydrogen-bond acceptors (Lipinski definition) is 4. The Hall–Kier alpha value is -2.95. The van der Waals surface area contributed by atoms with Crippen molar-refractivity contribution in [3.05, 3.63) is 70.9 Å². The first-order valence-electron chi connectivity index (χ1n) is 8.66. The lowest BCUT2D eigenvalue weighted by Crippen LogP contribution is -2.19. The highest BCUT2D eigenvalue weighted by atomic mass is 35.5. The summed E-state index contributed by atoms with van der Waals surface area (Å²) in [5, 5.41) is 5.62. The normalized spacial score (nSPS) is 12.0. The number of benzene rings is 2. The maximum absolute atomic E-state index is 13.1. The Labute approximate surface area is 180 Å². The van der Waals surface area contributed by atoms with Crippen LogP contribution in [-0.2, 0) is 27.4 Å². The predicted molar refractivity (Wildman–Crippen MR) is 109 cm³/mol. The molecule has 0 bridgehead atoms. The van der Waals surface area contributed by atoms with Crippen LogP contribution < -0.4 is 10.9 Å². The molecule has 1 heterocycles. The van der Waals surface area contributed by atoms with Gasteiger partial charge in [0.1, 0.15) is 5.69 Å². The molecule has 0 unspecified atom stereocenters. The fourth-order valence-corrected chi connectivity index (χ4v) is 4.39. The van der Waals surface area contributed by atoms with E-state index in [9.17, 15) is 26.4 Å². The van der Waals surface area contributed by atoms with E-state index in [1.807, 2.05) is 0 Å². The molecule has 0 spiro atoms. The van der Waals surface area contributed by atoms with Crippen molar-refractivity contribution in [1.29, 1.82) is 0 Å². The number of primary sulfonamides is 1. The van der Waals surface area contributed by atoms with Crippen LogP contribution in [0, 0.1) is 0 Å². The number of carbonyl (C=O) groups excluding carboxylic acids is 1. The lowest BCUT2D eigenvalue weighted by atomic mass is 9.93. The highest BCUT2D eigenvalue weighted by Crippen LogP contribution is 2.41. The molecule has 0 radical (unpaired) electrons. The van der Waals surface area contributed by atoms with Gasteiger partial charge in [-0.15, -0.1) is 0 Å².